The number of carbonyl (C=O) groups is 2. The maximum absolute atomic E-state index is 12.1. The summed E-state index contributed by atoms with van der Waals surface area (Å²) in [5.41, 5.74) is 2.43. The molecule has 22 heavy (non-hydrogen) atoms. The molecule has 114 valence electrons. The zero-order chi connectivity index (χ0) is 16.1. The van der Waals surface area contributed by atoms with Crippen LogP contribution in [0.15, 0.2) is 42.5 Å². The molecule has 0 saturated carbocycles. The van der Waals surface area contributed by atoms with Gasteiger partial charge in [0.2, 0.25) is 5.91 Å². The van der Waals surface area contributed by atoms with E-state index in [-0.39, 0.29) is 17.9 Å². The number of amides is 1. The summed E-state index contributed by atoms with van der Waals surface area (Å²) in [4.78, 5) is 23.0. The Bertz CT molecular complexity index is 710. The van der Waals surface area contributed by atoms with Crippen molar-refractivity contribution in [3.05, 3.63) is 59.2 Å². The molecule has 0 aliphatic heterocycles. The van der Waals surface area contributed by atoms with Crippen LogP contribution in [0, 0.1) is 6.92 Å². The normalized spacial score (nSPS) is 10.1. The molecule has 0 spiro atoms. The Kier molecular flexibility index (Phi) is 4.78. The predicted octanol–water partition coefficient (Wildman–Crippen LogP) is 2.88. The van der Waals surface area contributed by atoms with Crippen LogP contribution < -0.4 is 10.1 Å². The third-order valence-electron chi connectivity index (χ3n) is 3.17. The van der Waals surface area contributed by atoms with Crippen LogP contribution in [0.5, 0.6) is 5.75 Å². The smallest absolute Gasteiger partial charge is 0.335 e. The quantitative estimate of drug-likeness (QED) is 0.890. The van der Waals surface area contributed by atoms with E-state index in [4.69, 9.17) is 9.84 Å². The third kappa shape index (κ3) is 3.85. The number of aromatic carboxylic acids is 1. The van der Waals surface area contributed by atoms with Gasteiger partial charge in [-0.15, -0.1) is 0 Å². The molecule has 0 unspecified atom stereocenters. The number of methoxy groups -OCH3 is 1. The highest BCUT2D eigenvalue weighted by Crippen LogP contribution is 2.25. The molecule has 1 amide bonds. The summed E-state index contributed by atoms with van der Waals surface area (Å²) in [6.45, 7) is 1.94. The summed E-state index contributed by atoms with van der Waals surface area (Å²) in [5, 5.41) is 11.7. The lowest BCUT2D eigenvalue weighted by Gasteiger charge is -2.11. The minimum Gasteiger partial charge on any atom is -0.495 e. The molecule has 0 atom stereocenters. The van der Waals surface area contributed by atoms with E-state index in [9.17, 15) is 9.59 Å². The largest absolute Gasteiger partial charge is 0.495 e. The lowest BCUT2D eigenvalue weighted by molar-refractivity contribution is -0.115. The number of nitrogens with one attached hydrogen (secondary N) is 1. The molecule has 5 heteroatoms. The Hall–Kier alpha value is -2.82. The summed E-state index contributed by atoms with van der Waals surface area (Å²) >= 11 is 0. The van der Waals surface area contributed by atoms with Gasteiger partial charge >= 0.3 is 5.97 Å². The number of benzene rings is 2. The molecule has 0 saturated heterocycles. The minimum absolute atomic E-state index is 0.0954. The topological polar surface area (TPSA) is 75.6 Å². The van der Waals surface area contributed by atoms with Crippen molar-refractivity contribution in [1.29, 1.82) is 0 Å². The molecule has 0 aromatic heterocycles. The van der Waals surface area contributed by atoms with Crippen molar-refractivity contribution in [1.82, 2.24) is 0 Å². The second-order valence-electron chi connectivity index (χ2n) is 4.93. The highest BCUT2D eigenvalue weighted by atomic mass is 16.5. The van der Waals surface area contributed by atoms with Crippen LogP contribution in [0.3, 0.4) is 0 Å². The van der Waals surface area contributed by atoms with Gasteiger partial charge in [0.1, 0.15) is 5.75 Å². The first-order valence-electron chi connectivity index (χ1n) is 6.76. The third-order valence-corrected chi connectivity index (χ3v) is 3.17. The van der Waals surface area contributed by atoms with Gasteiger partial charge in [-0.3, -0.25) is 4.79 Å². The Morgan fingerprint density at radius 3 is 2.64 bits per heavy atom. The number of aryl methyl sites for hydroxylation is 1. The first-order valence-corrected chi connectivity index (χ1v) is 6.76. The Balaban J connectivity index is 2.10. The number of carbonyl (C=O) groups excluding carboxylic acids is 1. The van der Waals surface area contributed by atoms with Gasteiger partial charge in [0.25, 0.3) is 0 Å². The average Bonchev–Trinajstić information content (AvgIpc) is 2.49. The summed E-state index contributed by atoms with van der Waals surface area (Å²) in [7, 11) is 1.54. The van der Waals surface area contributed by atoms with Crippen molar-refractivity contribution in [2.24, 2.45) is 0 Å². The average molecular weight is 299 g/mol. The molecule has 5 nitrogen and oxygen atoms in total. The van der Waals surface area contributed by atoms with Crippen LogP contribution >= 0.6 is 0 Å². The van der Waals surface area contributed by atoms with Gasteiger partial charge in [-0.25, -0.2) is 4.79 Å². The Morgan fingerprint density at radius 2 is 1.95 bits per heavy atom. The monoisotopic (exact) mass is 299 g/mol. The summed E-state index contributed by atoms with van der Waals surface area (Å²) in [6.07, 6.45) is 0.0954. The van der Waals surface area contributed by atoms with E-state index in [0.717, 1.165) is 5.56 Å². The first-order chi connectivity index (χ1) is 10.5. The van der Waals surface area contributed by atoms with Crippen LogP contribution in [0.25, 0.3) is 0 Å². The van der Waals surface area contributed by atoms with Gasteiger partial charge in [0.15, 0.2) is 0 Å². The lowest BCUT2D eigenvalue weighted by Crippen LogP contribution is -2.15. The molecular formula is C17H17NO4. The maximum Gasteiger partial charge on any atom is 0.335 e. The summed E-state index contributed by atoms with van der Waals surface area (Å²) in [6, 6.07) is 11.8. The number of hydrogen-bond acceptors (Lipinski definition) is 3. The van der Waals surface area contributed by atoms with Gasteiger partial charge in [0, 0.05) is 0 Å². The highest BCUT2D eigenvalue weighted by molar-refractivity contribution is 5.94. The molecule has 0 heterocycles. The molecule has 0 bridgehead atoms. The van der Waals surface area contributed by atoms with Crippen molar-refractivity contribution in [3.8, 4) is 5.75 Å². The summed E-state index contributed by atoms with van der Waals surface area (Å²) < 4.78 is 5.24. The molecule has 2 N–H and O–H groups in total. The molecule has 2 aromatic rings. The van der Waals surface area contributed by atoms with Crippen molar-refractivity contribution in [2.45, 2.75) is 13.3 Å². The Morgan fingerprint density at radius 1 is 1.18 bits per heavy atom. The fraction of sp³-hybridized carbons (Fsp3) is 0.176. The van der Waals surface area contributed by atoms with Crippen molar-refractivity contribution in [3.63, 3.8) is 0 Å². The molecule has 2 aromatic carbocycles. The molecule has 0 radical (unpaired) electrons. The van der Waals surface area contributed by atoms with Crippen LogP contribution in [0.2, 0.25) is 0 Å². The first kappa shape index (κ1) is 15.6. The number of anilines is 1. The molecule has 2 rings (SSSR count). The van der Waals surface area contributed by atoms with Gasteiger partial charge in [0.05, 0.1) is 24.8 Å². The standard InChI is InChI=1S/C17H17NO4/c1-11-6-7-14(15(8-11)22-2)18-16(19)10-12-4-3-5-13(9-12)17(20)21/h3-9H,10H2,1-2H3,(H,18,19)(H,20,21). The fourth-order valence-corrected chi connectivity index (χ4v) is 2.10. The van der Waals surface area contributed by atoms with Crippen LogP contribution in [0.1, 0.15) is 21.5 Å². The van der Waals surface area contributed by atoms with Gasteiger partial charge in [-0.05, 0) is 42.3 Å². The zero-order valence-electron chi connectivity index (χ0n) is 12.4. The van der Waals surface area contributed by atoms with E-state index >= 15 is 0 Å². The second-order valence-corrected chi connectivity index (χ2v) is 4.93. The number of carboxylic acid groups (broad SMARTS) is 1. The molecule has 0 fully saturated rings. The number of rotatable bonds is 5. The van der Waals surface area contributed by atoms with Crippen LogP contribution in [-0.2, 0) is 11.2 Å². The summed E-state index contributed by atoms with van der Waals surface area (Å²) in [5.74, 6) is -0.653. The molecule has 0 aliphatic carbocycles. The highest BCUT2D eigenvalue weighted by Gasteiger charge is 2.10. The van der Waals surface area contributed by atoms with Gasteiger partial charge in [-0.2, -0.15) is 0 Å². The van der Waals surface area contributed by atoms with Crippen LogP contribution in [0.4, 0.5) is 5.69 Å². The number of carboxylic acids is 1. The number of hydrogen-bond donors (Lipinski definition) is 2. The van der Waals surface area contributed by atoms with Crippen molar-refractivity contribution >= 4 is 17.6 Å². The Labute approximate surface area is 128 Å². The fourth-order valence-electron chi connectivity index (χ4n) is 2.10. The van der Waals surface area contributed by atoms with Crippen molar-refractivity contribution in [2.75, 3.05) is 12.4 Å². The predicted molar refractivity (Wildman–Crippen MR) is 83.5 cm³/mol. The second kappa shape index (κ2) is 6.76. The van der Waals surface area contributed by atoms with E-state index in [1.165, 1.54) is 12.1 Å². The van der Waals surface area contributed by atoms with E-state index in [1.807, 2.05) is 19.1 Å². The van der Waals surface area contributed by atoms with E-state index in [0.29, 0.717) is 17.0 Å². The minimum atomic E-state index is -1.01. The van der Waals surface area contributed by atoms with E-state index in [1.54, 1.807) is 25.3 Å². The zero-order valence-corrected chi connectivity index (χ0v) is 12.4. The maximum atomic E-state index is 12.1. The lowest BCUT2D eigenvalue weighted by atomic mass is 10.1. The van der Waals surface area contributed by atoms with Crippen molar-refractivity contribution < 1.29 is 19.4 Å². The molecule has 0 aliphatic rings. The number of ether oxygens (including phenoxy) is 1. The SMILES string of the molecule is COc1cc(C)ccc1NC(=O)Cc1cccc(C(=O)O)c1. The van der Waals surface area contributed by atoms with E-state index in [2.05, 4.69) is 5.32 Å². The van der Waals surface area contributed by atoms with E-state index < -0.39 is 5.97 Å². The van der Waals surface area contributed by atoms with Gasteiger partial charge in [-0.1, -0.05) is 18.2 Å². The molecular weight excluding hydrogens is 282 g/mol. The van der Waals surface area contributed by atoms with Gasteiger partial charge < -0.3 is 15.2 Å². The van der Waals surface area contributed by atoms with Crippen LogP contribution in [-0.4, -0.2) is 24.1 Å².